The van der Waals surface area contributed by atoms with Crippen molar-refractivity contribution in [2.24, 2.45) is 5.92 Å². The first-order valence-corrected chi connectivity index (χ1v) is 21.7. The summed E-state index contributed by atoms with van der Waals surface area (Å²) >= 11 is 1.51. The molecule has 13 nitrogen and oxygen atoms in total. The number of halogens is 1. The Kier molecular flexibility index (Phi) is 14.2. The number of carbonyl (C=O) groups is 4. The van der Waals surface area contributed by atoms with Crippen LogP contribution in [0.15, 0.2) is 97.6 Å². The maximum absolute atomic E-state index is 15.4. The van der Waals surface area contributed by atoms with Crippen molar-refractivity contribution in [3.05, 3.63) is 115 Å². The number of piperazine rings is 1. The molecule has 2 aromatic carbocycles. The van der Waals surface area contributed by atoms with Crippen LogP contribution in [0.4, 0.5) is 15.9 Å². The molecule has 61 heavy (non-hydrogen) atoms. The van der Waals surface area contributed by atoms with E-state index in [4.69, 9.17) is 5.10 Å². The highest BCUT2D eigenvalue weighted by molar-refractivity contribution is 8.00. The van der Waals surface area contributed by atoms with Gasteiger partial charge in [0.1, 0.15) is 11.5 Å². The fourth-order valence-corrected chi connectivity index (χ4v) is 8.13. The van der Waals surface area contributed by atoms with Crippen molar-refractivity contribution in [1.29, 1.82) is 0 Å². The number of nitrogens with zero attached hydrogens (tertiary/aromatic N) is 7. The molecule has 8 rings (SSSR count). The van der Waals surface area contributed by atoms with Crippen molar-refractivity contribution in [3.63, 3.8) is 0 Å². The second-order valence-electron chi connectivity index (χ2n) is 15.3. The highest BCUT2D eigenvalue weighted by Crippen LogP contribution is 2.36. The predicted molar refractivity (Wildman–Crippen MR) is 237 cm³/mol. The van der Waals surface area contributed by atoms with E-state index in [0.717, 1.165) is 72.8 Å². The molecule has 0 bridgehead atoms. The summed E-state index contributed by atoms with van der Waals surface area (Å²) in [5, 5.41) is 7.12. The number of imide groups is 1. The molecule has 6 heterocycles. The molecule has 0 aliphatic carbocycles. The number of piperidine rings is 1. The van der Waals surface area contributed by atoms with Gasteiger partial charge in [0, 0.05) is 110 Å². The number of hydrogen-bond donors (Lipinski definition) is 2. The van der Waals surface area contributed by atoms with Gasteiger partial charge in [-0.2, -0.15) is 5.10 Å². The second-order valence-corrected chi connectivity index (χ2v) is 16.2. The van der Waals surface area contributed by atoms with Gasteiger partial charge in [0.2, 0.25) is 18.2 Å². The molecule has 2 saturated heterocycles. The topological polar surface area (TPSA) is 146 Å². The number of carbonyl (C=O) groups excluding carboxylic acids is 4. The van der Waals surface area contributed by atoms with Gasteiger partial charge in [0.25, 0.3) is 5.91 Å². The first-order chi connectivity index (χ1) is 29.7. The molecular weight excluding hydrogens is 794 g/mol. The van der Waals surface area contributed by atoms with Crippen molar-refractivity contribution >= 4 is 53.2 Å². The van der Waals surface area contributed by atoms with Crippen molar-refractivity contribution in [2.75, 3.05) is 54.6 Å². The summed E-state index contributed by atoms with van der Waals surface area (Å²) in [5.74, 6) is 1.36. The van der Waals surface area contributed by atoms with Crippen LogP contribution >= 0.6 is 11.9 Å². The molecule has 15 heteroatoms. The van der Waals surface area contributed by atoms with Crippen LogP contribution in [-0.2, 0) is 19.2 Å². The molecule has 0 unspecified atom stereocenters. The number of pyridine rings is 2. The minimum atomic E-state index is -0.385. The van der Waals surface area contributed by atoms with Crippen LogP contribution in [0.25, 0.3) is 33.6 Å². The van der Waals surface area contributed by atoms with Crippen LogP contribution in [0.2, 0.25) is 0 Å². The molecule has 2 fully saturated rings. The molecule has 0 radical (unpaired) electrons. The Hall–Kier alpha value is -6.35. The number of rotatable bonds is 12. The SMILES string of the molecule is CCCSNc1cccc(-c2cn(-c3ccc(C)cc3)nc2-c2ccncc2)c1F.O=CN1CCN(C(=O)CC2CCN(c3ccc(C4=CCC(=O)NC4=O)cn3)CC2)CC1. The molecule has 0 spiro atoms. The Bertz CT molecular complexity index is 2340. The third kappa shape index (κ3) is 10.7. The Labute approximate surface area is 359 Å². The monoisotopic (exact) mass is 843 g/mol. The van der Waals surface area contributed by atoms with Crippen LogP contribution in [0, 0.1) is 18.7 Å². The number of nitrogens with one attached hydrogen (secondary N) is 2. The lowest BCUT2D eigenvalue weighted by Gasteiger charge is -2.36. The minimum Gasteiger partial charge on any atom is -0.357 e. The van der Waals surface area contributed by atoms with Gasteiger partial charge >= 0.3 is 0 Å². The summed E-state index contributed by atoms with van der Waals surface area (Å²) in [6.45, 7) is 8.29. The maximum Gasteiger partial charge on any atom is 0.258 e. The van der Waals surface area contributed by atoms with Crippen molar-refractivity contribution in [1.82, 2.24) is 34.9 Å². The van der Waals surface area contributed by atoms with Crippen molar-refractivity contribution in [3.8, 4) is 28.1 Å². The zero-order chi connectivity index (χ0) is 42.7. The number of aryl methyl sites for hydroxylation is 1. The summed E-state index contributed by atoms with van der Waals surface area (Å²) in [4.78, 5) is 61.0. The van der Waals surface area contributed by atoms with Gasteiger partial charge in [-0.25, -0.2) is 14.1 Å². The molecule has 4 amide bonds. The lowest BCUT2D eigenvalue weighted by Crippen LogP contribution is -2.48. The van der Waals surface area contributed by atoms with Crippen LogP contribution in [0.3, 0.4) is 0 Å². The fourth-order valence-electron chi connectivity index (χ4n) is 7.51. The van der Waals surface area contributed by atoms with E-state index in [9.17, 15) is 19.2 Å². The van der Waals surface area contributed by atoms with E-state index in [1.165, 1.54) is 17.5 Å². The molecule has 3 aliphatic heterocycles. The first kappa shape index (κ1) is 42.8. The standard InChI is InChI=1S/C24H23FN4S.C22H27N5O4/c1-3-15-30-28-22-6-4-5-20(23(22)25)21-16-29(19-9-7-17(2)8-10-19)27-24(21)18-11-13-26-14-12-18;28-15-25-9-11-27(12-10-25)21(30)13-16-5-7-26(8-6-16)19-3-1-17(14-23-19)18-2-4-20(29)24-22(18)31/h4-14,16,28H,3,15H2,1-2H3;1-3,14-16H,4-13H2,(H,24,29,31). The smallest absolute Gasteiger partial charge is 0.258 e. The fraction of sp³-hybridized carbons (Fsp3) is 0.326. The highest BCUT2D eigenvalue weighted by Gasteiger charge is 2.27. The largest absolute Gasteiger partial charge is 0.357 e. The molecule has 316 valence electrons. The number of benzene rings is 2. The van der Waals surface area contributed by atoms with Gasteiger partial charge in [-0.3, -0.25) is 29.5 Å². The number of hydrogen-bond acceptors (Lipinski definition) is 10. The second kappa shape index (κ2) is 20.3. The number of amides is 4. The summed E-state index contributed by atoms with van der Waals surface area (Å²) in [6, 6.07) is 21.1. The van der Waals surface area contributed by atoms with Gasteiger partial charge in [0.15, 0.2) is 5.82 Å². The van der Waals surface area contributed by atoms with E-state index < -0.39 is 0 Å². The molecular formula is C46H50FN9O4S. The maximum atomic E-state index is 15.4. The third-order valence-electron chi connectivity index (χ3n) is 11.0. The minimum absolute atomic E-state index is 0.184. The molecule has 3 aromatic heterocycles. The third-order valence-corrected chi connectivity index (χ3v) is 12.0. The zero-order valence-electron chi connectivity index (χ0n) is 34.4. The highest BCUT2D eigenvalue weighted by atomic mass is 32.2. The van der Waals surface area contributed by atoms with E-state index in [2.05, 4.69) is 31.8 Å². The molecule has 0 saturated carbocycles. The summed E-state index contributed by atoms with van der Waals surface area (Å²) in [7, 11) is 0. The van der Waals surface area contributed by atoms with Gasteiger partial charge in [-0.15, -0.1) is 0 Å². The Balaban J connectivity index is 0.000000184. The van der Waals surface area contributed by atoms with Gasteiger partial charge in [0.05, 0.1) is 11.4 Å². The Morgan fingerprint density at radius 1 is 0.934 bits per heavy atom. The lowest BCUT2D eigenvalue weighted by atomic mass is 9.92. The van der Waals surface area contributed by atoms with E-state index in [1.54, 1.807) is 46.4 Å². The van der Waals surface area contributed by atoms with E-state index in [0.29, 0.717) is 60.9 Å². The number of anilines is 2. The average Bonchev–Trinajstić information content (AvgIpc) is 3.73. The van der Waals surface area contributed by atoms with Crippen LogP contribution in [0.5, 0.6) is 0 Å². The van der Waals surface area contributed by atoms with Gasteiger partial charge in [-0.05, 0) is 74.6 Å². The zero-order valence-corrected chi connectivity index (χ0v) is 35.2. The predicted octanol–water partition coefficient (Wildman–Crippen LogP) is 6.94. The van der Waals surface area contributed by atoms with Crippen molar-refractivity contribution < 1.29 is 23.6 Å². The normalized spacial score (nSPS) is 15.7. The summed E-state index contributed by atoms with van der Waals surface area (Å²) < 4.78 is 20.4. The van der Waals surface area contributed by atoms with Crippen LogP contribution in [0.1, 0.15) is 50.2 Å². The Morgan fingerprint density at radius 3 is 2.36 bits per heavy atom. The Morgan fingerprint density at radius 2 is 1.69 bits per heavy atom. The average molecular weight is 844 g/mol. The van der Waals surface area contributed by atoms with E-state index >= 15 is 4.39 Å². The molecule has 2 N–H and O–H groups in total. The summed E-state index contributed by atoms with van der Waals surface area (Å²) in [6.07, 6.45) is 13.1. The van der Waals surface area contributed by atoms with Crippen LogP contribution < -0.4 is 14.9 Å². The van der Waals surface area contributed by atoms with Gasteiger partial charge in [-0.1, -0.05) is 54.8 Å². The van der Waals surface area contributed by atoms with Crippen LogP contribution in [-0.4, -0.2) is 98.7 Å². The van der Waals surface area contributed by atoms with E-state index in [1.807, 2.05) is 72.6 Å². The van der Waals surface area contributed by atoms with Crippen molar-refractivity contribution in [2.45, 2.75) is 46.0 Å². The molecule has 0 atom stereocenters. The lowest BCUT2D eigenvalue weighted by molar-refractivity contribution is -0.136. The molecule has 3 aliphatic rings. The summed E-state index contributed by atoms with van der Waals surface area (Å²) in [5.41, 5.74) is 6.62. The van der Waals surface area contributed by atoms with E-state index in [-0.39, 0.29) is 30.0 Å². The first-order valence-electron chi connectivity index (χ1n) is 20.7. The quantitative estimate of drug-likeness (QED) is 0.0587. The van der Waals surface area contributed by atoms with Gasteiger partial charge < -0.3 is 19.4 Å². The number of aromatic nitrogens is 4. The molecule has 5 aromatic rings.